The number of nitrogens with zero attached hydrogens (tertiary/aromatic N) is 1. The average molecular weight is 373 g/mol. The largest absolute Gasteiger partial charge is 0.497 e. The van der Waals surface area contributed by atoms with Gasteiger partial charge in [-0.05, 0) is 57.5 Å². The maximum Gasteiger partial charge on any atom is 0.287 e. The van der Waals surface area contributed by atoms with Gasteiger partial charge in [-0.15, -0.1) is 0 Å². The quantitative estimate of drug-likeness (QED) is 0.724. The molecule has 7 heteroatoms. The molecule has 3 N–H and O–H groups in total. The maximum absolute atomic E-state index is 12.5. The topological polar surface area (TPSA) is 97.8 Å². The molecule has 146 valence electrons. The molecule has 1 aliphatic heterocycles. The Labute approximate surface area is 158 Å². The van der Waals surface area contributed by atoms with Crippen molar-refractivity contribution < 1.29 is 18.7 Å². The SMILES string of the molecule is COc1ccc2oc(C(=O)NCCCN3CCCC(C(N)=O)C3)c(C)c2c1. The zero-order chi connectivity index (χ0) is 19.4. The number of nitrogens with two attached hydrogens (primary N) is 1. The molecular weight excluding hydrogens is 346 g/mol. The van der Waals surface area contributed by atoms with Crippen molar-refractivity contribution in [3.8, 4) is 5.75 Å². The van der Waals surface area contributed by atoms with Gasteiger partial charge in [0.2, 0.25) is 5.91 Å². The second-order valence-corrected chi connectivity index (χ2v) is 7.07. The van der Waals surface area contributed by atoms with E-state index in [4.69, 9.17) is 14.9 Å². The van der Waals surface area contributed by atoms with Crippen molar-refractivity contribution >= 4 is 22.8 Å². The molecule has 3 rings (SSSR count). The van der Waals surface area contributed by atoms with Gasteiger partial charge in [-0.3, -0.25) is 9.59 Å². The Kier molecular flexibility index (Phi) is 6.01. The average Bonchev–Trinajstić information content (AvgIpc) is 3.01. The molecule has 7 nitrogen and oxygen atoms in total. The first kappa shape index (κ1) is 19.2. The molecule has 1 aromatic carbocycles. The Bertz CT molecular complexity index is 830. The fourth-order valence-electron chi connectivity index (χ4n) is 3.62. The summed E-state index contributed by atoms with van der Waals surface area (Å²) < 4.78 is 10.9. The van der Waals surface area contributed by atoms with Crippen LogP contribution in [0.3, 0.4) is 0 Å². The van der Waals surface area contributed by atoms with Crippen LogP contribution in [0, 0.1) is 12.8 Å². The molecule has 1 unspecified atom stereocenters. The molecule has 0 bridgehead atoms. The molecule has 0 spiro atoms. The number of nitrogens with one attached hydrogen (secondary N) is 1. The van der Waals surface area contributed by atoms with Crippen LogP contribution in [0.2, 0.25) is 0 Å². The molecule has 1 aromatic heterocycles. The summed E-state index contributed by atoms with van der Waals surface area (Å²) in [4.78, 5) is 26.1. The minimum Gasteiger partial charge on any atom is -0.497 e. The van der Waals surface area contributed by atoms with E-state index in [0.29, 0.717) is 24.4 Å². The van der Waals surface area contributed by atoms with Gasteiger partial charge in [0, 0.05) is 24.0 Å². The Balaban J connectivity index is 1.52. The second-order valence-electron chi connectivity index (χ2n) is 7.07. The van der Waals surface area contributed by atoms with Crippen molar-refractivity contribution in [3.05, 3.63) is 29.5 Å². The molecule has 27 heavy (non-hydrogen) atoms. The van der Waals surface area contributed by atoms with Crippen molar-refractivity contribution in [3.63, 3.8) is 0 Å². The van der Waals surface area contributed by atoms with Crippen LogP contribution in [0.15, 0.2) is 22.6 Å². The van der Waals surface area contributed by atoms with E-state index in [-0.39, 0.29) is 17.7 Å². The molecular formula is C20H27N3O4. The number of hydrogen-bond acceptors (Lipinski definition) is 5. The number of rotatable bonds is 7. The van der Waals surface area contributed by atoms with E-state index in [9.17, 15) is 9.59 Å². The highest BCUT2D eigenvalue weighted by atomic mass is 16.5. The Morgan fingerprint density at radius 1 is 1.41 bits per heavy atom. The summed E-state index contributed by atoms with van der Waals surface area (Å²) in [5.41, 5.74) is 6.89. The molecule has 1 saturated heterocycles. The fraction of sp³-hybridized carbons (Fsp3) is 0.500. The molecule has 1 atom stereocenters. The summed E-state index contributed by atoms with van der Waals surface area (Å²) in [6.45, 7) is 4.95. The summed E-state index contributed by atoms with van der Waals surface area (Å²) in [7, 11) is 1.61. The van der Waals surface area contributed by atoms with Crippen molar-refractivity contribution in [1.29, 1.82) is 0 Å². The number of aryl methyl sites for hydroxylation is 1. The van der Waals surface area contributed by atoms with Crippen molar-refractivity contribution in [1.82, 2.24) is 10.2 Å². The number of furan rings is 1. The van der Waals surface area contributed by atoms with E-state index in [1.807, 2.05) is 25.1 Å². The highest BCUT2D eigenvalue weighted by Crippen LogP contribution is 2.28. The first-order valence-electron chi connectivity index (χ1n) is 9.36. The van der Waals surface area contributed by atoms with Crippen LogP contribution in [-0.4, -0.2) is 50.0 Å². The molecule has 0 saturated carbocycles. The van der Waals surface area contributed by atoms with E-state index in [0.717, 1.165) is 49.1 Å². The number of fused-ring (bicyclic) bond motifs is 1. The van der Waals surface area contributed by atoms with Crippen molar-refractivity contribution in [2.24, 2.45) is 11.7 Å². The number of methoxy groups -OCH3 is 1. The van der Waals surface area contributed by atoms with E-state index in [1.54, 1.807) is 7.11 Å². The minimum atomic E-state index is -0.218. The molecule has 1 aliphatic rings. The Morgan fingerprint density at radius 2 is 2.22 bits per heavy atom. The van der Waals surface area contributed by atoms with Crippen molar-refractivity contribution in [2.75, 3.05) is 33.3 Å². The van der Waals surface area contributed by atoms with Gasteiger partial charge in [-0.2, -0.15) is 0 Å². The predicted octanol–water partition coefficient (Wildman–Crippen LogP) is 2.07. The van der Waals surface area contributed by atoms with Crippen LogP contribution >= 0.6 is 0 Å². The monoisotopic (exact) mass is 373 g/mol. The third kappa shape index (κ3) is 4.42. The van der Waals surface area contributed by atoms with Crippen LogP contribution in [0.25, 0.3) is 11.0 Å². The summed E-state index contributed by atoms with van der Waals surface area (Å²) in [5, 5.41) is 3.80. The first-order chi connectivity index (χ1) is 13.0. The van der Waals surface area contributed by atoms with Crippen LogP contribution in [0.1, 0.15) is 35.4 Å². The lowest BCUT2D eigenvalue weighted by Crippen LogP contribution is -2.42. The lowest BCUT2D eigenvalue weighted by Gasteiger charge is -2.31. The van der Waals surface area contributed by atoms with Gasteiger partial charge in [0.15, 0.2) is 5.76 Å². The normalized spacial score (nSPS) is 17.8. The van der Waals surface area contributed by atoms with Gasteiger partial charge in [0.25, 0.3) is 5.91 Å². The number of amides is 2. The van der Waals surface area contributed by atoms with E-state index in [1.165, 1.54) is 0 Å². The number of carbonyl (C=O) groups is 2. The standard InChI is InChI=1S/C20H27N3O4/c1-13-16-11-15(26-2)6-7-17(16)27-18(13)20(25)22-8-4-10-23-9-3-5-14(12-23)19(21)24/h6-7,11,14H,3-5,8-10,12H2,1-2H3,(H2,21,24)(H,22,25). The summed E-state index contributed by atoms with van der Waals surface area (Å²) in [5.74, 6) is 0.587. The van der Waals surface area contributed by atoms with Crippen molar-refractivity contribution in [2.45, 2.75) is 26.2 Å². The summed E-state index contributed by atoms with van der Waals surface area (Å²) >= 11 is 0. The van der Waals surface area contributed by atoms with Gasteiger partial charge >= 0.3 is 0 Å². The number of piperidine rings is 1. The van der Waals surface area contributed by atoms with E-state index < -0.39 is 0 Å². The van der Waals surface area contributed by atoms with Crippen LogP contribution < -0.4 is 15.8 Å². The van der Waals surface area contributed by atoms with Gasteiger partial charge in [0.1, 0.15) is 11.3 Å². The molecule has 2 amide bonds. The molecule has 2 aromatic rings. The highest BCUT2D eigenvalue weighted by molar-refractivity contribution is 5.99. The predicted molar refractivity (Wildman–Crippen MR) is 103 cm³/mol. The maximum atomic E-state index is 12.5. The lowest BCUT2D eigenvalue weighted by molar-refractivity contribution is -0.123. The lowest BCUT2D eigenvalue weighted by atomic mass is 9.97. The van der Waals surface area contributed by atoms with Crippen LogP contribution in [0.5, 0.6) is 5.75 Å². The van der Waals surface area contributed by atoms with Gasteiger partial charge in [0.05, 0.1) is 13.0 Å². The number of likely N-dealkylation sites (tertiary alicyclic amines) is 1. The van der Waals surface area contributed by atoms with E-state index in [2.05, 4.69) is 10.2 Å². The van der Waals surface area contributed by atoms with Gasteiger partial charge < -0.3 is 25.1 Å². The summed E-state index contributed by atoms with van der Waals surface area (Å²) in [6.07, 6.45) is 2.67. The molecule has 0 aliphatic carbocycles. The number of carbonyl (C=O) groups excluding carboxylic acids is 2. The number of primary amides is 1. The zero-order valence-electron chi connectivity index (χ0n) is 15.9. The summed E-state index contributed by atoms with van der Waals surface area (Å²) in [6, 6.07) is 5.49. The minimum absolute atomic E-state index is 0.0523. The number of benzene rings is 1. The van der Waals surface area contributed by atoms with E-state index >= 15 is 0 Å². The number of ether oxygens (including phenoxy) is 1. The first-order valence-corrected chi connectivity index (χ1v) is 9.36. The Morgan fingerprint density at radius 3 is 2.96 bits per heavy atom. The molecule has 1 fully saturated rings. The third-order valence-electron chi connectivity index (χ3n) is 5.19. The molecule has 2 heterocycles. The highest BCUT2D eigenvalue weighted by Gasteiger charge is 2.23. The third-order valence-corrected chi connectivity index (χ3v) is 5.19. The van der Waals surface area contributed by atoms with Gasteiger partial charge in [-0.25, -0.2) is 0 Å². The smallest absolute Gasteiger partial charge is 0.287 e. The second kappa shape index (κ2) is 8.43. The Hall–Kier alpha value is -2.54. The number of hydrogen-bond donors (Lipinski definition) is 2. The fourth-order valence-corrected chi connectivity index (χ4v) is 3.62. The molecule has 0 radical (unpaired) electrons. The van der Waals surface area contributed by atoms with Crippen LogP contribution in [-0.2, 0) is 4.79 Å². The van der Waals surface area contributed by atoms with Crippen LogP contribution in [0.4, 0.5) is 0 Å². The zero-order valence-corrected chi connectivity index (χ0v) is 15.9. The van der Waals surface area contributed by atoms with Gasteiger partial charge in [-0.1, -0.05) is 0 Å².